The fourth-order valence-electron chi connectivity index (χ4n) is 1.00. The van der Waals surface area contributed by atoms with Crippen LogP contribution >= 0.6 is 0 Å². The Balaban J connectivity index is 3.99. The molecule has 0 aromatic rings. The van der Waals surface area contributed by atoms with Crippen molar-refractivity contribution in [1.29, 1.82) is 0 Å². The predicted molar refractivity (Wildman–Crippen MR) is 64.0 cm³/mol. The van der Waals surface area contributed by atoms with Gasteiger partial charge in [0.15, 0.2) is 0 Å². The van der Waals surface area contributed by atoms with Gasteiger partial charge in [0, 0.05) is 28.1 Å². The van der Waals surface area contributed by atoms with Crippen molar-refractivity contribution in [2.24, 2.45) is 5.73 Å². The number of carbonyl (C=O) groups excluding carboxylic acids is 1. The van der Waals surface area contributed by atoms with Gasteiger partial charge in [0.05, 0.1) is 0 Å². The van der Waals surface area contributed by atoms with Crippen LogP contribution in [0.2, 0.25) is 0 Å². The van der Waals surface area contributed by atoms with Crippen molar-refractivity contribution in [2.45, 2.75) is 45.7 Å². The van der Waals surface area contributed by atoms with Crippen LogP contribution in [0.4, 0.5) is 0 Å². The minimum atomic E-state index is -1.15. The van der Waals surface area contributed by atoms with E-state index in [-0.39, 0.29) is 23.2 Å². The number of nitrogens with two attached hydrogens (primary N) is 1. The fraction of sp³-hybridized carbons (Fsp3) is 0.900. The Bertz CT molecular complexity index is 240. The number of hydrogen-bond acceptors (Lipinski definition) is 3. The van der Waals surface area contributed by atoms with Crippen LogP contribution in [-0.4, -0.2) is 33.2 Å². The van der Waals surface area contributed by atoms with Crippen molar-refractivity contribution in [3.05, 3.63) is 0 Å². The van der Waals surface area contributed by atoms with E-state index in [1.54, 1.807) is 6.92 Å². The Morgan fingerprint density at radius 3 is 2.47 bits per heavy atom. The van der Waals surface area contributed by atoms with Crippen molar-refractivity contribution in [3.8, 4) is 0 Å². The molecule has 3 N–H and O–H groups in total. The van der Waals surface area contributed by atoms with Gasteiger partial charge >= 0.3 is 0 Å². The molecule has 0 aromatic carbocycles. The van der Waals surface area contributed by atoms with E-state index >= 15 is 0 Å². The van der Waals surface area contributed by atoms with Crippen LogP contribution < -0.4 is 11.1 Å². The van der Waals surface area contributed by atoms with Crippen LogP contribution in [0.1, 0.15) is 34.1 Å². The summed E-state index contributed by atoms with van der Waals surface area (Å²) in [4.78, 5) is 11.5. The van der Waals surface area contributed by atoms with E-state index in [2.05, 4.69) is 5.32 Å². The second-order valence-corrected chi connectivity index (χ2v) is 6.02. The maximum Gasteiger partial charge on any atom is 0.233 e. The Labute approximate surface area is 94.4 Å². The van der Waals surface area contributed by atoms with Gasteiger partial charge in [0.25, 0.3) is 0 Å². The summed E-state index contributed by atoms with van der Waals surface area (Å²) in [5.74, 6) is 0.256. The topological polar surface area (TPSA) is 72.2 Å². The molecule has 15 heavy (non-hydrogen) atoms. The third-order valence-electron chi connectivity index (χ3n) is 2.10. The largest absolute Gasteiger partial charge is 0.350 e. The molecule has 0 rings (SSSR count). The summed E-state index contributed by atoms with van der Waals surface area (Å²) >= 11 is 0. The van der Waals surface area contributed by atoms with Crippen LogP contribution in [0.5, 0.6) is 0 Å². The first-order valence-electron chi connectivity index (χ1n) is 5.18. The lowest BCUT2D eigenvalue weighted by Gasteiger charge is -2.24. The first-order chi connectivity index (χ1) is 6.76. The molecule has 4 nitrogen and oxygen atoms in total. The zero-order chi connectivity index (χ0) is 12.1. The lowest BCUT2D eigenvalue weighted by Crippen LogP contribution is -2.45. The molecule has 0 bridgehead atoms. The third-order valence-corrected chi connectivity index (χ3v) is 3.58. The van der Waals surface area contributed by atoms with Crippen LogP contribution in [0, 0.1) is 0 Å². The van der Waals surface area contributed by atoms with Crippen molar-refractivity contribution in [3.63, 3.8) is 0 Å². The van der Waals surface area contributed by atoms with E-state index in [1.165, 1.54) is 0 Å². The molecule has 0 heterocycles. The summed E-state index contributed by atoms with van der Waals surface area (Å²) in [6, 6.07) is -0.127. The molecule has 2 unspecified atom stereocenters. The molecule has 5 heteroatoms. The number of carbonyl (C=O) groups is 1. The van der Waals surface area contributed by atoms with E-state index in [4.69, 9.17) is 5.73 Å². The van der Waals surface area contributed by atoms with Gasteiger partial charge in [0.2, 0.25) is 5.91 Å². The molecule has 0 radical (unpaired) electrons. The maximum absolute atomic E-state index is 11.5. The zero-order valence-corrected chi connectivity index (χ0v) is 10.8. The van der Waals surface area contributed by atoms with Gasteiger partial charge in [-0.15, -0.1) is 0 Å². The Morgan fingerprint density at radius 1 is 1.53 bits per heavy atom. The number of amides is 1. The van der Waals surface area contributed by atoms with Gasteiger partial charge in [-0.2, -0.15) is 0 Å². The molecule has 1 amide bonds. The number of rotatable bonds is 6. The highest BCUT2D eigenvalue weighted by atomic mass is 32.2. The molecule has 0 spiro atoms. The van der Waals surface area contributed by atoms with Crippen LogP contribution in [-0.2, 0) is 15.6 Å². The molecule has 0 aliphatic rings. The van der Waals surface area contributed by atoms with Gasteiger partial charge < -0.3 is 11.1 Å². The SMILES string of the molecule is CCC(C)(C)NC(=O)CS(=O)CC(C)N. The van der Waals surface area contributed by atoms with Crippen molar-refractivity contribution < 1.29 is 9.00 Å². The molecule has 0 aliphatic heterocycles. The molecule has 0 aliphatic carbocycles. The minimum Gasteiger partial charge on any atom is -0.350 e. The minimum absolute atomic E-state index is 0.0466. The van der Waals surface area contributed by atoms with E-state index < -0.39 is 10.8 Å². The van der Waals surface area contributed by atoms with E-state index in [0.717, 1.165) is 6.42 Å². The fourth-order valence-corrected chi connectivity index (χ4v) is 2.07. The number of hydrogen-bond donors (Lipinski definition) is 2. The number of nitrogens with one attached hydrogen (secondary N) is 1. The molecular weight excluding hydrogens is 212 g/mol. The molecule has 90 valence electrons. The zero-order valence-electron chi connectivity index (χ0n) is 10.0. The van der Waals surface area contributed by atoms with Gasteiger partial charge in [-0.3, -0.25) is 9.00 Å². The van der Waals surface area contributed by atoms with E-state index in [0.29, 0.717) is 5.75 Å². The average Bonchev–Trinajstić information content (AvgIpc) is 2.00. The summed E-state index contributed by atoms with van der Waals surface area (Å²) in [6.07, 6.45) is 0.846. The summed E-state index contributed by atoms with van der Waals surface area (Å²) in [7, 11) is -1.15. The van der Waals surface area contributed by atoms with Gasteiger partial charge in [-0.05, 0) is 27.2 Å². The summed E-state index contributed by atoms with van der Waals surface area (Å²) < 4.78 is 11.4. The van der Waals surface area contributed by atoms with Crippen molar-refractivity contribution in [2.75, 3.05) is 11.5 Å². The van der Waals surface area contributed by atoms with Crippen LogP contribution in [0.3, 0.4) is 0 Å². The summed E-state index contributed by atoms with van der Waals surface area (Å²) in [5.41, 5.74) is 5.27. The quantitative estimate of drug-likeness (QED) is 0.698. The second kappa shape index (κ2) is 6.23. The highest BCUT2D eigenvalue weighted by Gasteiger charge is 2.19. The van der Waals surface area contributed by atoms with Gasteiger partial charge in [0.1, 0.15) is 5.75 Å². The Kier molecular flexibility index (Phi) is 6.05. The smallest absolute Gasteiger partial charge is 0.233 e. The highest BCUT2D eigenvalue weighted by molar-refractivity contribution is 7.85. The lowest BCUT2D eigenvalue weighted by molar-refractivity contribution is -0.120. The monoisotopic (exact) mass is 234 g/mol. The van der Waals surface area contributed by atoms with Gasteiger partial charge in [-0.1, -0.05) is 6.92 Å². The van der Waals surface area contributed by atoms with Crippen LogP contribution in [0.15, 0.2) is 0 Å². The maximum atomic E-state index is 11.5. The molecule has 0 fully saturated rings. The molecular formula is C10H22N2O2S. The average molecular weight is 234 g/mol. The Morgan fingerprint density at radius 2 is 2.07 bits per heavy atom. The lowest BCUT2D eigenvalue weighted by atomic mass is 10.0. The van der Waals surface area contributed by atoms with Crippen molar-refractivity contribution in [1.82, 2.24) is 5.32 Å². The molecule has 0 saturated carbocycles. The predicted octanol–water partition coefficient (Wildman–Crippen LogP) is 0.387. The molecule has 0 aromatic heterocycles. The third kappa shape index (κ3) is 7.50. The van der Waals surface area contributed by atoms with E-state index in [1.807, 2.05) is 20.8 Å². The summed E-state index contributed by atoms with van der Waals surface area (Å²) in [6.45, 7) is 7.67. The first-order valence-corrected chi connectivity index (χ1v) is 6.67. The van der Waals surface area contributed by atoms with Gasteiger partial charge in [-0.25, -0.2) is 0 Å². The van der Waals surface area contributed by atoms with Crippen LogP contribution in [0.25, 0.3) is 0 Å². The Hall–Kier alpha value is -0.420. The normalized spacial score (nSPS) is 15.8. The molecule has 2 atom stereocenters. The standard InChI is InChI=1S/C10H22N2O2S/c1-5-10(3,4)12-9(13)7-15(14)6-8(2)11/h8H,5-7,11H2,1-4H3,(H,12,13). The van der Waals surface area contributed by atoms with Crippen molar-refractivity contribution >= 4 is 16.7 Å². The first kappa shape index (κ1) is 14.6. The second-order valence-electron chi connectivity index (χ2n) is 4.51. The summed E-state index contributed by atoms with van der Waals surface area (Å²) in [5, 5.41) is 2.84. The molecule has 0 saturated heterocycles. The highest BCUT2D eigenvalue weighted by Crippen LogP contribution is 2.06. The van der Waals surface area contributed by atoms with E-state index in [9.17, 15) is 9.00 Å².